The summed E-state index contributed by atoms with van der Waals surface area (Å²) < 4.78 is 13.4. The van der Waals surface area contributed by atoms with Crippen molar-refractivity contribution >= 4 is 11.9 Å². The van der Waals surface area contributed by atoms with E-state index in [0.717, 1.165) is 12.5 Å². The van der Waals surface area contributed by atoms with Gasteiger partial charge < -0.3 is 10.4 Å². The molecule has 1 amide bonds. The number of aromatic carboxylic acids is 1. The molecule has 2 N–H and O–H groups in total. The molecule has 0 bridgehead atoms. The molecule has 0 aromatic heterocycles. The summed E-state index contributed by atoms with van der Waals surface area (Å²) in [6.07, 6.45) is 0.734. The van der Waals surface area contributed by atoms with Crippen molar-refractivity contribution < 1.29 is 19.1 Å². The first-order valence-electron chi connectivity index (χ1n) is 5.75. The quantitative estimate of drug-likeness (QED) is 0.845. The van der Waals surface area contributed by atoms with E-state index >= 15 is 0 Å². The van der Waals surface area contributed by atoms with Crippen LogP contribution in [-0.2, 0) is 11.3 Å². The fourth-order valence-corrected chi connectivity index (χ4v) is 1.39. The van der Waals surface area contributed by atoms with Crippen molar-refractivity contribution in [2.75, 3.05) is 0 Å². The van der Waals surface area contributed by atoms with E-state index in [1.54, 1.807) is 0 Å². The van der Waals surface area contributed by atoms with Gasteiger partial charge in [0.15, 0.2) is 0 Å². The van der Waals surface area contributed by atoms with Crippen molar-refractivity contribution in [1.29, 1.82) is 0 Å². The van der Waals surface area contributed by atoms with Crippen molar-refractivity contribution in [3.05, 3.63) is 35.1 Å². The summed E-state index contributed by atoms with van der Waals surface area (Å²) in [6, 6.07) is 3.81. The van der Waals surface area contributed by atoms with Crippen LogP contribution in [-0.4, -0.2) is 17.0 Å². The SMILES string of the molecule is CCC(C)C(=O)NCc1ccc(C(=O)O)c(F)c1. The zero-order chi connectivity index (χ0) is 13.7. The maximum Gasteiger partial charge on any atom is 0.338 e. The van der Waals surface area contributed by atoms with E-state index in [1.165, 1.54) is 12.1 Å². The summed E-state index contributed by atoms with van der Waals surface area (Å²) >= 11 is 0. The van der Waals surface area contributed by atoms with Gasteiger partial charge in [-0.05, 0) is 24.1 Å². The minimum atomic E-state index is -1.30. The van der Waals surface area contributed by atoms with Gasteiger partial charge in [-0.25, -0.2) is 9.18 Å². The van der Waals surface area contributed by atoms with E-state index < -0.39 is 11.8 Å². The highest BCUT2D eigenvalue weighted by Crippen LogP contribution is 2.11. The molecular weight excluding hydrogens is 237 g/mol. The third kappa shape index (κ3) is 3.55. The third-order valence-corrected chi connectivity index (χ3v) is 2.79. The van der Waals surface area contributed by atoms with Crippen LogP contribution >= 0.6 is 0 Å². The van der Waals surface area contributed by atoms with E-state index in [0.29, 0.717) is 5.56 Å². The first-order chi connectivity index (χ1) is 8.45. The highest BCUT2D eigenvalue weighted by atomic mass is 19.1. The number of carbonyl (C=O) groups is 2. The summed E-state index contributed by atoms with van der Waals surface area (Å²) in [7, 11) is 0. The van der Waals surface area contributed by atoms with Crippen LogP contribution in [0.15, 0.2) is 18.2 Å². The van der Waals surface area contributed by atoms with E-state index in [4.69, 9.17) is 5.11 Å². The standard InChI is InChI=1S/C13H16FNO3/c1-3-8(2)12(16)15-7-9-4-5-10(13(17)18)11(14)6-9/h4-6,8H,3,7H2,1-2H3,(H,15,16)(H,17,18). The van der Waals surface area contributed by atoms with Gasteiger partial charge in [0.05, 0.1) is 5.56 Å². The Morgan fingerprint density at radius 2 is 2.11 bits per heavy atom. The zero-order valence-electron chi connectivity index (χ0n) is 10.4. The Balaban J connectivity index is 2.67. The molecule has 18 heavy (non-hydrogen) atoms. The van der Waals surface area contributed by atoms with Gasteiger partial charge in [-0.15, -0.1) is 0 Å². The Hall–Kier alpha value is -1.91. The summed E-state index contributed by atoms with van der Waals surface area (Å²) in [4.78, 5) is 22.1. The van der Waals surface area contributed by atoms with Crippen molar-refractivity contribution in [1.82, 2.24) is 5.32 Å². The number of carbonyl (C=O) groups excluding carboxylic acids is 1. The van der Waals surface area contributed by atoms with Crippen LogP contribution < -0.4 is 5.32 Å². The largest absolute Gasteiger partial charge is 0.478 e. The molecule has 1 aromatic carbocycles. The Kier molecular flexibility index (Phi) is 4.83. The van der Waals surface area contributed by atoms with Gasteiger partial charge >= 0.3 is 5.97 Å². The molecule has 0 aliphatic carbocycles. The van der Waals surface area contributed by atoms with E-state index in [1.807, 2.05) is 13.8 Å². The van der Waals surface area contributed by atoms with Crippen LogP contribution in [0.3, 0.4) is 0 Å². The molecule has 0 heterocycles. The van der Waals surface area contributed by atoms with Crippen molar-refractivity contribution in [3.8, 4) is 0 Å². The number of hydrogen-bond donors (Lipinski definition) is 2. The number of carboxylic acid groups (broad SMARTS) is 1. The second-order valence-corrected chi connectivity index (χ2v) is 4.15. The van der Waals surface area contributed by atoms with Gasteiger partial charge in [-0.2, -0.15) is 0 Å². The summed E-state index contributed by atoms with van der Waals surface area (Å²) in [6.45, 7) is 3.91. The van der Waals surface area contributed by atoms with Gasteiger partial charge in [0.25, 0.3) is 0 Å². The topological polar surface area (TPSA) is 66.4 Å². The Morgan fingerprint density at radius 3 is 2.61 bits per heavy atom. The smallest absolute Gasteiger partial charge is 0.338 e. The van der Waals surface area contributed by atoms with Gasteiger partial charge in [0.1, 0.15) is 5.82 Å². The molecule has 5 heteroatoms. The molecule has 0 radical (unpaired) electrons. The number of hydrogen-bond acceptors (Lipinski definition) is 2. The molecule has 1 atom stereocenters. The maximum atomic E-state index is 13.4. The molecular formula is C13H16FNO3. The lowest BCUT2D eigenvalue weighted by Gasteiger charge is -2.10. The van der Waals surface area contributed by atoms with Crippen LogP contribution in [0, 0.1) is 11.7 Å². The second-order valence-electron chi connectivity index (χ2n) is 4.15. The average molecular weight is 253 g/mol. The zero-order valence-corrected chi connectivity index (χ0v) is 10.4. The van der Waals surface area contributed by atoms with Gasteiger partial charge in [0, 0.05) is 12.5 Å². The summed E-state index contributed by atoms with van der Waals surface area (Å²) in [5.74, 6) is -2.28. The molecule has 0 aliphatic heterocycles. The minimum absolute atomic E-state index is 0.0897. The molecule has 0 fully saturated rings. The maximum absolute atomic E-state index is 13.4. The van der Waals surface area contributed by atoms with Gasteiger partial charge in [-0.1, -0.05) is 19.9 Å². The number of nitrogens with one attached hydrogen (secondary N) is 1. The van der Waals surface area contributed by atoms with Gasteiger partial charge in [0.2, 0.25) is 5.91 Å². The lowest BCUT2D eigenvalue weighted by Crippen LogP contribution is -2.28. The Labute approximate surface area is 105 Å². The van der Waals surface area contributed by atoms with E-state index in [-0.39, 0.29) is 23.9 Å². The number of carboxylic acids is 1. The first-order valence-corrected chi connectivity index (χ1v) is 5.75. The van der Waals surface area contributed by atoms with Crippen LogP contribution in [0.5, 0.6) is 0 Å². The van der Waals surface area contributed by atoms with Crippen molar-refractivity contribution in [2.45, 2.75) is 26.8 Å². The molecule has 0 aliphatic rings. The van der Waals surface area contributed by atoms with Gasteiger partial charge in [-0.3, -0.25) is 4.79 Å². The molecule has 0 spiro atoms. The number of amides is 1. The fourth-order valence-electron chi connectivity index (χ4n) is 1.39. The predicted octanol–water partition coefficient (Wildman–Crippen LogP) is 2.19. The Morgan fingerprint density at radius 1 is 1.44 bits per heavy atom. The highest BCUT2D eigenvalue weighted by Gasteiger charge is 2.12. The van der Waals surface area contributed by atoms with Crippen LogP contribution in [0.25, 0.3) is 0 Å². The molecule has 0 saturated carbocycles. The van der Waals surface area contributed by atoms with E-state index in [9.17, 15) is 14.0 Å². The molecule has 1 aromatic rings. The number of halogens is 1. The highest BCUT2D eigenvalue weighted by molar-refractivity contribution is 5.87. The monoisotopic (exact) mass is 253 g/mol. The fraction of sp³-hybridized carbons (Fsp3) is 0.385. The molecule has 0 saturated heterocycles. The summed E-state index contributed by atoms with van der Waals surface area (Å²) in [5.41, 5.74) is 0.168. The number of rotatable bonds is 5. The molecule has 1 unspecified atom stereocenters. The van der Waals surface area contributed by atoms with Crippen molar-refractivity contribution in [2.24, 2.45) is 5.92 Å². The Bertz CT molecular complexity index is 460. The van der Waals surface area contributed by atoms with Crippen LogP contribution in [0.2, 0.25) is 0 Å². The van der Waals surface area contributed by atoms with Crippen molar-refractivity contribution in [3.63, 3.8) is 0 Å². The van der Waals surface area contributed by atoms with E-state index in [2.05, 4.69) is 5.32 Å². The lowest BCUT2D eigenvalue weighted by molar-refractivity contribution is -0.124. The first kappa shape index (κ1) is 14.2. The average Bonchev–Trinajstić information content (AvgIpc) is 2.34. The summed E-state index contributed by atoms with van der Waals surface area (Å²) in [5, 5.41) is 11.3. The molecule has 4 nitrogen and oxygen atoms in total. The normalized spacial score (nSPS) is 11.9. The minimum Gasteiger partial charge on any atom is -0.478 e. The van der Waals surface area contributed by atoms with Crippen LogP contribution in [0.4, 0.5) is 4.39 Å². The molecule has 98 valence electrons. The third-order valence-electron chi connectivity index (χ3n) is 2.79. The molecule has 1 rings (SSSR count). The lowest BCUT2D eigenvalue weighted by atomic mass is 10.1. The predicted molar refractivity (Wildman–Crippen MR) is 64.7 cm³/mol. The second kappa shape index (κ2) is 6.14. The number of benzene rings is 1. The van der Waals surface area contributed by atoms with Crippen LogP contribution in [0.1, 0.15) is 36.2 Å².